The molecule has 0 spiro atoms. The lowest BCUT2D eigenvalue weighted by atomic mass is 10.1. The maximum Gasteiger partial charge on any atom is 0.335 e. The zero-order valence-corrected chi connectivity index (χ0v) is 18.9. The molecule has 176 valence electrons. The summed E-state index contributed by atoms with van der Waals surface area (Å²) < 4.78 is 19.5. The van der Waals surface area contributed by atoms with Crippen molar-refractivity contribution in [2.24, 2.45) is 0 Å². The molecule has 0 saturated heterocycles. The predicted octanol–water partition coefficient (Wildman–Crippen LogP) is 5.95. The lowest BCUT2D eigenvalue weighted by Crippen LogP contribution is -2.30. The van der Waals surface area contributed by atoms with Crippen molar-refractivity contribution < 1.29 is 23.8 Å². The van der Waals surface area contributed by atoms with Gasteiger partial charge in [0.25, 0.3) is 5.91 Å². The summed E-state index contributed by atoms with van der Waals surface area (Å²) in [6.45, 7) is 0.803. The minimum atomic E-state index is -0.994. The van der Waals surface area contributed by atoms with Crippen molar-refractivity contribution in [3.8, 4) is 5.75 Å². The fraction of sp³-hybridized carbons (Fsp3) is 0.103. The number of benzene rings is 4. The Morgan fingerprint density at radius 1 is 0.714 bits per heavy atom. The average Bonchev–Trinajstić information content (AvgIpc) is 2.89. The molecule has 0 aromatic heterocycles. The smallest absolute Gasteiger partial charge is 0.335 e. The number of carboxylic acids is 1. The minimum absolute atomic E-state index is 0.0897. The molecular formula is C29H24FNO4. The Bertz CT molecular complexity index is 1290. The van der Waals surface area contributed by atoms with Crippen molar-refractivity contribution in [1.29, 1.82) is 0 Å². The van der Waals surface area contributed by atoms with Crippen molar-refractivity contribution >= 4 is 11.9 Å². The molecule has 4 aromatic rings. The van der Waals surface area contributed by atoms with E-state index in [1.807, 2.05) is 30.3 Å². The largest absolute Gasteiger partial charge is 0.489 e. The molecule has 4 rings (SSSR count). The van der Waals surface area contributed by atoms with E-state index in [4.69, 9.17) is 9.84 Å². The van der Waals surface area contributed by atoms with Crippen LogP contribution in [0.25, 0.3) is 0 Å². The Labute approximate surface area is 203 Å². The summed E-state index contributed by atoms with van der Waals surface area (Å²) in [5.41, 5.74) is 2.94. The highest BCUT2D eigenvalue weighted by Crippen LogP contribution is 2.19. The van der Waals surface area contributed by atoms with E-state index in [2.05, 4.69) is 0 Å². The molecule has 1 N–H and O–H groups in total. The molecule has 35 heavy (non-hydrogen) atoms. The second kappa shape index (κ2) is 11.1. The molecule has 0 unspecified atom stereocenters. The second-order valence-corrected chi connectivity index (χ2v) is 8.05. The molecule has 0 bridgehead atoms. The van der Waals surface area contributed by atoms with Crippen LogP contribution in [-0.2, 0) is 19.7 Å². The van der Waals surface area contributed by atoms with Crippen LogP contribution < -0.4 is 4.74 Å². The van der Waals surface area contributed by atoms with Gasteiger partial charge in [-0.25, -0.2) is 9.18 Å². The number of aromatic carboxylic acids is 1. The van der Waals surface area contributed by atoms with Crippen LogP contribution in [0, 0.1) is 5.82 Å². The molecule has 1 amide bonds. The van der Waals surface area contributed by atoms with E-state index >= 15 is 0 Å². The SMILES string of the molecule is O=C(O)c1ccc(CN(Cc2ccccc2)C(=O)c2ccc(OCc3ccccc3F)cc2)cc1. The third-order valence-corrected chi connectivity index (χ3v) is 5.53. The van der Waals surface area contributed by atoms with Crippen molar-refractivity contribution in [3.05, 3.63) is 137 Å². The molecule has 0 aliphatic rings. The molecule has 0 atom stereocenters. The number of hydrogen-bond acceptors (Lipinski definition) is 3. The summed E-state index contributed by atoms with van der Waals surface area (Å²) in [5, 5.41) is 9.13. The summed E-state index contributed by atoms with van der Waals surface area (Å²) in [6.07, 6.45) is 0. The molecule has 0 aliphatic heterocycles. The van der Waals surface area contributed by atoms with Gasteiger partial charge in [0.15, 0.2) is 0 Å². The van der Waals surface area contributed by atoms with Crippen LogP contribution in [0.3, 0.4) is 0 Å². The first-order chi connectivity index (χ1) is 17.0. The van der Waals surface area contributed by atoms with E-state index in [9.17, 15) is 14.0 Å². The highest BCUT2D eigenvalue weighted by atomic mass is 19.1. The van der Waals surface area contributed by atoms with Crippen molar-refractivity contribution in [3.63, 3.8) is 0 Å². The van der Waals surface area contributed by atoms with Gasteiger partial charge in [-0.05, 0) is 53.6 Å². The first kappa shape index (κ1) is 23.7. The van der Waals surface area contributed by atoms with Gasteiger partial charge in [0.2, 0.25) is 0 Å². The van der Waals surface area contributed by atoms with Crippen molar-refractivity contribution in [2.75, 3.05) is 0 Å². The van der Waals surface area contributed by atoms with Gasteiger partial charge in [0.05, 0.1) is 5.56 Å². The van der Waals surface area contributed by atoms with E-state index in [-0.39, 0.29) is 23.9 Å². The van der Waals surface area contributed by atoms with Crippen LogP contribution in [0.2, 0.25) is 0 Å². The summed E-state index contributed by atoms with van der Waals surface area (Å²) in [5.74, 6) is -0.959. The molecule has 0 aliphatic carbocycles. The van der Waals surface area contributed by atoms with Gasteiger partial charge >= 0.3 is 5.97 Å². The maximum atomic E-state index is 13.8. The number of carboxylic acid groups (broad SMARTS) is 1. The van der Waals surface area contributed by atoms with Crippen LogP contribution in [0.4, 0.5) is 4.39 Å². The van der Waals surface area contributed by atoms with Gasteiger partial charge in [-0.15, -0.1) is 0 Å². The number of rotatable bonds is 9. The molecule has 5 nitrogen and oxygen atoms in total. The van der Waals surface area contributed by atoms with Crippen LogP contribution in [-0.4, -0.2) is 21.9 Å². The first-order valence-electron chi connectivity index (χ1n) is 11.1. The molecule has 6 heteroatoms. The van der Waals surface area contributed by atoms with Crippen LogP contribution >= 0.6 is 0 Å². The van der Waals surface area contributed by atoms with E-state index < -0.39 is 5.97 Å². The van der Waals surface area contributed by atoms with Gasteiger partial charge in [0.1, 0.15) is 18.2 Å². The Balaban J connectivity index is 1.49. The van der Waals surface area contributed by atoms with E-state index in [1.54, 1.807) is 59.5 Å². The number of ether oxygens (including phenoxy) is 1. The highest BCUT2D eigenvalue weighted by Gasteiger charge is 2.17. The van der Waals surface area contributed by atoms with Gasteiger partial charge in [-0.2, -0.15) is 0 Å². The third-order valence-electron chi connectivity index (χ3n) is 5.53. The monoisotopic (exact) mass is 469 g/mol. The summed E-state index contributed by atoms with van der Waals surface area (Å²) in [6, 6.07) is 29.3. The van der Waals surface area contributed by atoms with E-state index in [0.717, 1.165) is 11.1 Å². The van der Waals surface area contributed by atoms with Gasteiger partial charge in [-0.3, -0.25) is 4.79 Å². The van der Waals surface area contributed by atoms with E-state index in [0.29, 0.717) is 30.0 Å². The lowest BCUT2D eigenvalue weighted by molar-refractivity contribution is 0.0693. The predicted molar refractivity (Wildman–Crippen MR) is 131 cm³/mol. The zero-order chi connectivity index (χ0) is 24.6. The Morgan fingerprint density at radius 3 is 1.91 bits per heavy atom. The minimum Gasteiger partial charge on any atom is -0.489 e. The normalized spacial score (nSPS) is 10.5. The average molecular weight is 470 g/mol. The highest BCUT2D eigenvalue weighted by molar-refractivity contribution is 5.94. The first-order valence-corrected chi connectivity index (χ1v) is 11.1. The Morgan fingerprint density at radius 2 is 1.29 bits per heavy atom. The topological polar surface area (TPSA) is 66.8 Å². The number of amides is 1. The molecule has 4 aromatic carbocycles. The molecule has 0 saturated carbocycles. The van der Waals surface area contributed by atoms with E-state index in [1.165, 1.54) is 18.2 Å². The number of carbonyl (C=O) groups is 2. The summed E-state index contributed by atoms with van der Waals surface area (Å²) in [7, 11) is 0. The summed E-state index contributed by atoms with van der Waals surface area (Å²) >= 11 is 0. The lowest BCUT2D eigenvalue weighted by Gasteiger charge is -2.23. The quantitative estimate of drug-likeness (QED) is 0.329. The Kier molecular flexibility index (Phi) is 7.53. The van der Waals surface area contributed by atoms with Crippen LogP contribution in [0.5, 0.6) is 5.75 Å². The standard InChI is InChI=1S/C29H24FNO4/c30-27-9-5-4-8-25(27)20-35-26-16-14-23(15-17-26)28(32)31(18-21-6-2-1-3-7-21)19-22-10-12-24(13-11-22)29(33)34/h1-17H,18-20H2,(H,33,34). The maximum absolute atomic E-state index is 13.8. The van der Waals surface area contributed by atoms with Crippen molar-refractivity contribution in [2.45, 2.75) is 19.7 Å². The second-order valence-electron chi connectivity index (χ2n) is 8.05. The van der Waals surface area contributed by atoms with Gasteiger partial charge < -0.3 is 14.7 Å². The fourth-order valence-corrected chi connectivity index (χ4v) is 3.63. The number of nitrogens with zero attached hydrogens (tertiary/aromatic N) is 1. The molecule has 0 fully saturated rings. The number of halogens is 1. The van der Waals surface area contributed by atoms with Crippen molar-refractivity contribution in [1.82, 2.24) is 4.90 Å². The molecular weight excluding hydrogens is 445 g/mol. The number of carbonyl (C=O) groups excluding carboxylic acids is 1. The number of hydrogen-bond donors (Lipinski definition) is 1. The van der Waals surface area contributed by atoms with Crippen LogP contribution in [0.1, 0.15) is 37.4 Å². The fourth-order valence-electron chi connectivity index (χ4n) is 3.63. The van der Waals surface area contributed by atoms with Gasteiger partial charge in [-0.1, -0.05) is 60.7 Å². The Hall–Kier alpha value is -4.45. The zero-order valence-electron chi connectivity index (χ0n) is 18.9. The summed E-state index contributed by atoms with van der Waals surface area (Å²) in [4.78, 5) is 26.3. The van der Waals surface area contributed by atoms with Crippen LogP contribution in [0.15, 0.2) is 103 Å². The molecule has 0 heterocycles. The van der Waals surface area contributed by atoms with Gasteiger partial charge in [0, 0.05) is 24.2 Å². The third kappa shape index (κ3) is 6.32. The molecule has 0 radical (unpaired) electrons.